The van der Waals surface area contributed by atoms with Crippen LogP contribution in [0.3, 0.4) is 0 Å². The van der Waals surface area contributed by atoms with E-state index in [1.165, 1.54) is 14.5 Å². The zero-order valence-electron chi connectivity index (χ0n) is 5.66. The molecule has 1 aromatic carbocycles. The normalized spacial score (nSPS) is 10.5. The first kappa shape index (κ1) is 6.39. The number of nitrogens with zero attached hydrogens (tertiary/aromatic N) is 1. The fourth-order valence-corrected chi connectivity index (χ4v) is 3.17. The van der Waals surface area contributed by atoms with Crippen molar-refractivity contribution in [2.45, 2.75) is 6.92 Å². The van der Waals surface area contributed by atoms with E-state index in [0.717, 1.165) is 0 Å². The van der Waals surface area contributed by atoms with Gasteiger partial charge in [0.25, 0.3) is 0 Å². The van der Waals surface area contributed by atoms with Crippen molar-refractivity contribution < 1.29 is 0 Å². The van der Waals surface area contributed by atoms with Crippen molar-refractivity contribution in [3.05, 3.63) is 28.0 Å². The number of aromatic nitrogens is 1. The van der Waals surface area contributed by atoms with Gasteiger partial charge in [-0.2, -0.15) is 0 Å². The number of hydrogen-bond donors (Lipinski definition) is 0. The van der Waals surface area contributed by atoms with Crippen LogP contribution in [0.25, 0.3) is 8.92 Å². The Balaban J connectivity index is 2.86. The molecule has 0 bridgehead atoms. The zero-order chi connectivity index (χ0) is 6.97. The van der Waals surface area contributed by atoms with Gasteiger partial charge in [-0.15, -0.1) is 0 Å². The van der Waals surface area contributed by atoms with Gasteiger partial charge in [0.05, 0.1) is 0 Å². The first-order chi connectivity index (χ1) is 4.86. The third-order valence-corrected chi connectivity index (χ3v) is 3.75. The first-order valence-electron chi connectivity index (χ1n) is 3.16. The summed E-state index contributed by atoms with van der Waals surface area (Å²) in [4.78, 5) is 4.27. The number of hydrogen-bond acceptors (Lipinski definition) is 1. The van der Waals surface area contributed by atoms with E-state index in [-0.39, 0.29) is 20.4 Å². The van der Waals surface area contributed by atoms with Gasteiger partial charge in [-0.05, 0) is 0 Å². The van der Waals surface area contributed by atoms with Crippen LogP contribution in [0.15, 0.2) is 22.4 Å². The Labute approximate surface area is 69.3 Å². The molecule has 0 N–H and O–H groups in total. The van der Waals surface area contributed by atoms with Gasteiger partial charge in [-0.1, -0.05) is 0 Å². The molecule has 0 radical (unpaired) electrons. The van der Waals surface area contributed by atoms with E-state index in [1.807, 2.05) is 0 Å². The molecule has 0 atom stereocenters. The molecule has 0 aliphatic heterocycles. The maximum atomic E-state index is 4.27. The van der Waals surface area contributed by atoms with Gasteiger partial charge in [0.1, 0.15) is 0 Å². The van der Waals surface area contributed by atoms with Crippen molar-refractivity contribution in [1.29, 1.82) is 0 Å². The second-order valence-electron chi connectivity index (χ2n) is 2.32. The van der Waals surface area contributed by atoms with E-state index in [4.69, 9.17) is 0 Å². The summed E-state index contributed by atoms with van der Waals surface area (Å²) in [5.74, 6) is 0. The molecule has 0 aliphatic carbocycles. The molecule has 1 heterocycles. The number of benzene rings is 1. The molecule has 0 saturated carbocycles. The van der Waals surface area contributed by atoms with Crippen molar-refractivity contribution in [3.63, 3.8) is 0 Å². The Bertz CT molecular complexity index is 351. The van der Waals surface area contributed by atoms with E-state index in [9.17, 15) is 0 Å². The molecule has 2 aromatic rings. The fraction of sp³-hybridized carbons (Fsp3) is 0.125. The summed E-state index contributed by atoms with van der Waals surface area (Å²) < 4.78 is 3.58. The summed E-state index contributed by atoms with van der Waals surface area (Å²) in [6.07, 6.45) is 0. The van der Waals surface area contributed by atoms with Gasteiger partial charge >= 0.3 is 69.2 Å². The van der Waals surface area contributed by atoms with Crippen LogP contribution in [0.2, 0.25) is 0 Å². The third-order valence-electron chi connectivity index (χ3n) is 1.49. The van der Waals surface area contributed by atoms with Gasteiger partial charge in [-0.25, -0.2) is 0 Å². The molecule has 1 aromatic heterocycles. The van der Waals surface area contributed by atoms with Crippen LogP contribution in [0.1, 0.15) is 5.56 Å². The van der Waals surface area contributed by atoms with Crippen LogP contribution in [0.4, 0.5) is 0 Å². The molecule has 0 unspecified atom stereocenters. The predicted molar refractivity (Wildman–Crippen MR) is 43.4 cm³/mol. The summed E-state index contributed by atoms with van der Waals surface area (Å²) in [7, 11) is 0. The van der Waals surface area contributed by atoms with Crippen LogP contribution >= 0.6 is 0 Å². The molecular weight excluding hydrogens is 238 g/mol. The van der Waals surface area contributed by atoms with Gasteiger partial charge < -0.3 is 0 Å². The molecule has 50 valence electrons. The quantitative estimate of drug-likeness (QED) is 0.642. The van der Waals surface area contributed by atoms with Crippen molar-refractivity contribution in [2.24, 2.45) is 0 Å². The Morgan fingerprint density at radius 2 is 2.30 bits per heavy atom. The molecule has 0 fully saturated rings. The van der Waals surface area contributed by atoms with E-state index >= 15 is 0 Å². The van der Waals surface area contributed by atoms with Crippen LogP contribution in [-0.4, -0.2) is 25.4 Å². The van der Waals surface area contributed by atoms with Crippen molar-refractivity contribution >= 4 is 29.3 Å². The van der Waals surface area contributed by atoms with Crippen LogP contribution in [-0.2, 0) is 0 Å². The first-order valence-corrected chi connectivity index (χ1v) is 5.67. The average molecular weight is 245 g/mol. The molecule has 0 amide bonds. The number of fused-ring (bicyclic) bond motifs is 1. The zero-order valence-corrected chi connectivity index (χ0v) is 8.00. The summed E-state index contributed by atoms with van der Waals surface area (Å²) in [6, 6.07) is 6.48. The van der Waals surface area contributed by atoms with Crippen molar-refractivity contribution in [1.82, 2.24) is 4.98 Å². The molecule has 1 nitrogen and oxygen atoms in total. The van der Waals surface area contributed by atoms with Crippen LogP contribution in [0.5, 0.6) is 0 Å². The summed E-state index contributed by atoms with van der Waals surface area (Å²) in [5, 5.41) is 0. The number of aryl methyl sites for hydroxylation is 1. The summed E-state index contributed by atoms with van der Waals surface area (Å²) in [6.45, 7) is 2.13. The molecule has 10 heavy (non-hydrogen) atoms. The minimum absolute atomic E-state index is 0.0490. The predicted octanol–water partition coefficient (Wildman–Crippen LogP) is 1.60. The van der Waals surface area contributed by atoms with E-state index in [1.54, 1.807) is 0 Å². The Morgan fingerprint density at radius 1 is 1.40 bits per heavy atom. The van der Waals surface area contributed by atoms with Crippen LogP contribution < -0.4 is 0 Å². The minimum atomic E-state index is -0.0490. The van der Waals surface area contributed by atoms with E-state index in [2.05, 4.69) is 34.3 Å². The standard InChI is InChI=1S/C8H7NTe/c1-6-2-3-7-8(4-6)10-5-9-7/h2-5H,1H3. The average Bonchev–Trinajstić information content (AvgIpc) is 2.33. The Morgan fingerprint density at radius 3 is 3.20 bits per heavy atom. The van der Waals surface area contributed by atoms with Gasteiger partial charge in [0.15, 0.2) is 0 Å². The van der Waals surface area contributed by atoms with Gasteiger partial charge in [0.2, 0.25) is 0 Å². The summed E-state index contributed by atoms with van der Waals surface area (Å²) in [5.41, 5.74) is 2.56. The van der Waals surface area contributed by atoms with E-state index in [0.29, 0.717) is 0 Å². The topological polar surface area (TPSA) is 12.9 Å². The number of rotatable bonds is 0. The van der Waals surface area contributed by atoms with Crippen molar-refractivity contribution in [3.8, 4) is 0 Å². The second-order valence-corrected chi connectivity index (χ2v) is 4.85. The van der Waals surface area contributed by atoms with Crippen molar-refractivity contribution in [2.75, 3.05) is 0 Å². The molecule has 2 rings (SSSR count). The van der Waals surface area contributed by atoms with Gasteiger partial charge in [-0.3, -0.25) is 0 Å². The molecule has 0 aliphatic rings. The monoisotopic (exact) mass is 247 g/mol. The SMILES string of the molecule is Cc1ccc2nc[te]c2c1. The molecule has 2 heteroatoms. The Hall–Kier alpha value is -0.320. The maximum absolute atomic E-state index is 4.27. The second kappa shape index (κ2) is 2.38. The van der Waals surface area contributed by atoms with Gasteiger partial charge in [0, 0.05) is 0 Å². The molecule has 0 saturated heterocycles. The summed E-state index contributed by atoms with van der Waals surface area (Å²) >= 11 is -0.0490. The van der Waals surface area contributed by atoms with E-state index < -0.39 is 0 Å². The molecule has 0 spiro atoms. The van der Waals surface area contributed by atoms with Crippen LogP contribution in [0, 0.1) is 6.92 Å². The Kier molecular flexibility index (Phi) is 1.52. The molecular formula is C8H7NTe. The fourth-order valence-electron chi connectivity index (χ4n) is 0.962. The third kappa shape index (κ3) is 0.982.